The third-order valence-electron chi connectivity index (χ3n) is 4.12. The second-order valence-corrected chi connectivity index (χ2v) is 6.83. The maximum Gasteiger partial charge on any atom is 0.296 e. The number of hydrogen-bond acceptors (Lipinski definition) is 6. The minimum Gasteiger partial charge on any atom is -0.501 e. The number of carbonyl (C=O) groups is 1. The Morgan fingerprint density at radius 2 is 2.00 bits per heavy atom. The van der Waals surface area contributed by atoms with Gasteiger partial charge in [-0.25, -0.2) is 9.97 Å². The molecule has 0 aliphatic carbocycles. The van der Waals surface area contributed by atoms with Crippen molar-refractivity contribution < 1.29 is 14.6 Å². The summed E-state index contributed by atoms with van der Waals surface area (Å²) in [6.07, 6.45) is 1.45. The van der Waals surface area contributed by atoms with Crippen molar-refractivity contribution in [2.24, 2.45) is 7.05 Å². The van der Waals surface area contributed by atoms with Crippen LogP contribution >= 0.6 is 23.2 Å². The average molecular weight is 435 g/mol. The van der Waals surface area contributed by atoms with E-state index in [1.54, 1.807) is 30.3 Å². The Labute approximate surface area is 175 Å². The molecule has 2 heterocycles. The first-order valence-electron chi connectivity index (χ1n) is 8.34. The second kappa shape index (κ2) is 8.50. The Kier molecular flexibility index (Phi) is 6.05. The van der Waals surface area contributed by atoms with Crippen LogP contribution in [0.3, 0.4) is 0 Å². The van der Waals surface area contributed by atoms with Crippen LogP contribution in [0, 0.1) is 0 Å². The topological polar surface area (TPSA) is 106 Å². The fourth-order valence-electron chi connectivity index (χ4n) is 2.56. The van der Waals surface area contributed by atoms with Gasteiger partial charge in [-0.05, 0) is 23.8 Å². The Balaban J connectivity index is 1.91. The molecule has 0 fully saturated rings. The summed E-state index contributed by atoms with van der Waals surface area (Å²) in [6.45, 7) is 0.103. The third-order valence-corrected chi connectivity index (χ3v) is 4.86. The number of halogens is 2. The number of benzene rings is 1. The Morgan fingerprint density at radius 1 is 1.24 bits per heavy atom. The van der Waals surface area contributed by atoms with Gasteiger partial charge in [0.2, 0.25) is 11.6 Å². The van der Waals surface area contributed by atoms with E-state index >= 15 is 0 Å². The molecule has 2 aromatic heterocycles. The van der Waals surface area contributed by atoms with E-state index in [0.717, 1.165) is 4.57 Å². The van der Waals surface area contributed by atoms with Crippen molar-refractivity contribution in [3.63, 3.8) is 0 Å². The van der Waals surface area contributed by atoms with Gasteiger partial charge in [0.25, 0.3) is 11.5 Å². The van der Waals surface area contributed by atoms with Crippen LogP contribution in [0.4, 0.5) is 0 Å². The molecule has 8 nitrogen and oxygen atoms in total. The molecule has 0 spiro atoms. The molecule has 3 aromatic rings. The van der Waals surface area contributed by atoms with E-state index in [1.807, 2.05) is 0 Å². The lowest BCUT2D eigenvalue weighted by atomic mass is 10.2. The lowest BCUT2D eigenvalue weighted by molar-refractivity contribution is 0.0942. The van der Waals surface area contributed by atoms with Crippen molar-refractivity contribution in [1.29, 1.82) is 0 Å². The van der Waals surface area contributed by atoms with E-state index in [0.29, 0.717) is 27.1 Å². The van der Waals surface area contributed by atoms with Crippen LogP contribution in [-0.4, -0.2) is 32.7 Å². The fraction of sp³-hybridized carbons (Fsp3) is 0.158. The minimum absolute atomic E-state index is 0.103. The molecule has 0 bridgehead atoms. The summed E-state index contributed by atoms with van der Waals surface area (Å²) >= 11 is 11.8. The summed E-state index contributed by atoms with van der Waals surface area (Å²) in [7, 11) is 2.92. The highest BCUT2D eigenvalue weighted by molar-refractivity contribution is 6.42. The quantitative estimate of drug-likeness (QED) is 0.639. The van der Waals surface area contributed by atoms with Gasteiger partial charge in [-0.3, -0.25) is 14.2 Å². The number of aromatic hydroxyl groups is 1. The van der Waals surface area contributed by atoms with Crippen molar-refractivity contribution >= 4 is 29.1 Å². The number of nitrogens with one attached hydrogen (secondary N) is 1. The molecule has 0 atom stereocenters. The molecule has 0 radical (unpaired) electrons. The van der Waals surface area contributed by atoms with Gasteiger partial charge >= 0.3 is 0 Å². The van der Waals surface area contributed by atoms with Gasteiger partial charge in [-0.15, -0.1) is 0 Å². The summed E-state index contributed by atoms with van der Waals surface area (Å²) in [4.78, 5) is 33.2. The molecule has 0 saturated carbocycles. The van der Waals surface area contributed by atoms with E-state index in [-0.39, 0.29) is 18.1 Å². The molecule has 2 N–H and O–H groups in total. The lowest BCUT2D eigenvalue weighted by Gasteiger charge is -2.12. The van der Waals surface area contributed by atoms with E-state index < -0.39 is 17.2 Å². The van der Waals surface area contributed by atoms with Gasteiger partial charge in [0.1, 0.15) is 5.82 Å². The van der Waals surface area contributed by atoms with Crippen LogP contribution in [0.15, 0.2) is 41.3 Å². The SMILES string of the molecule is COc1ccc(-c2nc(C(=O)NCc3ccc(Cl)c(Cl)c3)c(O)c(=O)n2C)cn1. The zero-order chi connectivity index (χ0) is 21.1. The molecule has 1 amide bonds. The van der Waals surface area contributed by atoms with E-state index in [9.17, 15) is 14.7 Å². The lowest BCUT2D eigenvalue weighted by Crippen LogP contribution is -2.29. The van der Waals surface area contributed by atoms with Crippen molar-refractivity contribution in [3.05, 3.63) is 68.2 Å². The first-order chi connectivity index (χ1) is 13.8. The van der Waals surface area contributed by atoms with Crippen LogP contribution in [0.25, 0.3) is 11.4 Å². The molecule has 1 aromatic carbocycles. The normalized spacial score (nSPS) is 10.6. The number of carbonyl (C=O) groups excluding carboxylic acids is 1. The first kappa shape index (κ1) is 20.6. The fourth-order valence-corrected chi connectivity index (χ4v) is 2.88. The largest absolute Gasteiger partial charge is 0.501 e. The average Bonchev–Trinajstić information content (AvgIpc) is 2.73. The molecular formula is C19H16Cl2N4O4. The molecule has 0 unspecified atom stereocenters. The maximum atomic E-state index is 12.6. The Morgan fingerprint density at radius 3 is 2.62 bits per heavy atom. The zero-order valence-corrected chi connectivity index (χ0v) is 17.0. The number of ether oxygens (including phenoxy) is 1. The van der Waals surface area contributed by atoms with Crippen molar-refractivity contribution in [2.75, 3.05) is 7.11 Å². The van der Waals surface area contributed by atoms with Crippen LogP contribution in [0.1, 0.15) is 16.1 Å². The van der Waals surface area contributed by atoms with E-state index in [1.165, 1.54) is 20.4 Å². The van der Waals surface area contributed by atoms with E-state index in [4.69, 9.17) is 27.9 Å². The maximum absolute atomic E-state index is 12.6. The summed E-state index contributed by atoms with van der Waals surface area (Å²) in [5.74, 6) is -0.905. The van der Waals surface area contributed by atoms with Gasteiger partial charge in [-0.1, -0.05) is 29.3 Å². The van der Waals surface area contributed by atoms with Crippen molar-refractivity contribution in [3.8, 4) is 23.0 Å². The number of aromatic nitrogens is 3. The molecule has 0 saturated heterocycles. The monoisotopic (exact) mass is 434 g/mol. The van der Waals surface area contributed by atoms with Gasteiger partial charge in [0, 0.05) is 31.4 Å². The summed E-state index contributed by atoms with van der Waals surface area (Å²) in [6, 6.07) is 8.14. The van der Waals surface area contributed by atoms with Gasteiger partial charge in [0.15, 0.2) is 5.69 Å². The summed E-state index contributed by atoms with van der Waals surface area (Å²) < 4.78 is 6.14. The summed E-state index contributed by atoms with van der Waals surface area (Å²) in [5, 5.41) is 13.5. The highest BCUT2D eigenvalue weighted by Crippen LogP contribution is 2.23. The zero-order valence-electron chi connectivity index (χ0n) is 15.4. The highest BCUT2D eigenvalue weighted by Gasteiger charge is 2.21. The van der Waals surface area contributed by atoms with Crippen LogP contribution in [-0.2, 0) is 13.6 Å². The Hall–Kier alpha value is -3.10. The molecule has 150 valence electrons. The smallest absolute Gasteiger partial charge is 0.296 e. The molecule has 10 heteroatoms. The number of pyridine rings is 1. The molecule has 0 aliphatic rings. The standard InChI is InChI=1S/C19H16Cl2N4O4/c1-25-17(11-4-6-14(29-2)22-9-11)24-15(16(26)19(25)28)18(27)23-8-10-3-5-12(20)13(21)7-10/h3-7,9,26H,8H2,1-2H3,(H,23,27). The number of methoxy groups -OCH3 is 1. The summed E-state index contributed by atoms with van der Waals surface area (Å²) in [5.41, 5.74) is 0.0177. The third kappa shape index (κ3) is 4.33. The number of rotatable bonds is 5. The van der Waals surface area contributed by atoms with Gasteiger partial charge in [-0.2, -0.15) is 0 Å². The first-order valence-corrected chi connectivity index (χ1v) is 9.10. The minimum atomic E-state index is -0.759. The van der Waals surface area contributed by atoms with Crippen molar-refractivity contribution in [2.45, 2.75) is 6.54 Å². The number of amides is 1. The molecular weight excluding hydrogens is 419 g/mol. The number of hydrogen-bond donors (Lipinski definition) is 2. The van der Waals surface area contributed by atoms with Gasteiger partial charge in [0.05, 0.1) is 17.2 Å². The highest BCUT2D eigenvalue weighted by atomic mass is 35.5. The Bertz CT molecular complexity index is 1130. The molecule has 3 rings (SSSR count). The second-order valence-electron chi connectivity index (χ2n) is 6.02. The van der Waals surface area contributed by atoms with Crippen molar-refractivity contribution in [1.82, 2.24) is 19.9 Å². The molecule has 0 aliphatic heterocycles. The van der Waals surface area contributed by atoms with Crippen LogP contribution in [0.2, 0.25) is 10.0 Å². The van der Waals surface area contributed by atoms with Gasteiger partial charge < -0.3 is 15.2 Å². The number of nitrogens with zero attached hydrogens (tertiary/aromatic N) is 3. The predicted molar refractivity (Wildman–Crippen MR) is 109 cm³/mol. The predicted octanol–water partition coefficient (Wildman–Crippen LogP) is 2.79. The van der Waals surface area contributed by atoms with E-state index in [2.05, 4.69) is 15.3 Å². The van der Waals surface area contributed by atoms with Crippen LogP contribution < -0.4 is 15.6 Å². The van der Waals surface area contributed by atoms with Crippen LogP contribution in [0.5, 0.6) is 11.6 Å². The molecule has 29 heavy (non-hydrogen) atoms.